The van der Waals surface area contributed by atoms with Crippen LogP contribution in [0, 0.1) is 5.92 Å². The van der Waals surface area contributed by atoms with Crippen LogP contribution in [0.5, 0.6) is 11.5 Å². The molecular weight excluding hydrogens is 482 g/mol. The Balaban J connectivity index is 1.39. The summed E-state index contributed by atoms with van der Waals surface area (Å²) in [6.07, 6.45) is 8.20. The van der Waals surface area contributed by atoms with Crippen LogP contribution >= 0.6 is 11.6 Å². The summed E-state index contributed by atoms with van der Waals surface area (Å²) in [5.41, 5.74) is 1.64. The molecule has 1 aliphatic rings. The predicted molar refractivity (Wildman–Crippen MR) is 137 cm³/mol. The zero-order valence-corrected chi connectivity index (χ0v) is 21.8. The van der Waals surface area contributed by atoms with E-state index in [0.717, 1.165) is 36.9 Å². The van der Waals surface area contributed by atoms with Gasteiger partial charge in [0.25, 0.3) is 0 Å². The molecule has 1 N–H and O–H groups in total. The molecule has 10 heteroatoms. The number of halogens is 1. The molecule has 3 aromatic rings. The van der Waals surface area contributed by atoms with Crippen LogP contribution in [0.4, 0.5) is 4.79 Å². The number of nitrogens with one attached hydrogen (secondary N) is 1. The van der Waals surface area contributed by atoms with Crippen LogP contribution < -0.4 is 14.8 Å². The first-order valence-corrected chi connectivity index (χ1v) is 12.4. The fraction of sp³-hybridized carbons (Fsp3) is 0.462. The van der Waals surface area contributed by atoms with Crippen molar-refractivity contribution in [1.82, 2.24) is 25.1 Å². The maximum atomic E-state index is 12.1. The number of benzene rings is 1. The SMILES string of the molecule is COc1ccccc1-n1cc(-c2ncnc(Cl)c2OC[C@H]2CC[C@@H](NC(=O)OC(C)(C)C)CC2)cn1. The van der Waals surface area contributed by atoms with Crippen molar-refractivity contribution < 1.29 is 19.0 Å². The van der Waals surface area contributed by atoms with Crippen molar-refractivity contribution in [2.45, 2.75) is 58.1 Å². The number of para-hydroxylation sites is 2. The van der Waals surface area contributed by atoms with E-state index >= 15 is 0 Å². The molecule has 0 aliphatic heterocycles. The summed E-state index contributed by atoms with van der Waals surface area (Å²) in [7, 11) is 1.63. The minimum Gasteiger partial charge on any atom is -0.494 e. The minimum absolute atomic E-state index is 0.108. The standard InChI is InChI=1S/C26H32ClN5O4/c1-26(2,3)36-25(33)31-19-11-9-17(10-12-19)15-35-23-22(28-16-29-24(23)27)18-13-30-32(14-18)20-7-5-6-8-21(20)34-4/h5-8,13-14,16-17,19H,9-12,15H2,1-4H3,(H,31,33)/t17-,19+. The molecular formula is C26H32ClN5O4. The van der Waals surface area contributed by atoms with E-state index in [0.29, 0.717) is 29.7 Å². The lowest BCUT2D eigenvalue weighted by molar-refractivity contribution is 0.0483. The van der Waals surface area contributed by atoms with Crippen molar-refractivity contribution >= 4 is 17.7 Å². The molecule has 1 saturated carbocycles. The molecule has 0 atom stereocenters. The first-order valence-electron chi connectivity index (χ1n) is 12.0. The Hall–Kier alpha value is -3.33. The van der Waals surface area contributed by atoms with Crippen LogP contribution in [-0.4, -0.2) is 51.2 Å². The second-order valence-electron chi connectivity index (χ2n) is 9.86. The van der Waals surface area contributed by atoms with Crippen molar-refractivity contribution in [1.29, 1.82) is 0 Å². The van der Waals surface area contributed by atoms with E-state index in [1.54, 1.807) is 18.0 Å². The molecule has 9 nitrogen and oxygen atoms in total. The topological polar surface area (TPSA) is 100 Å². The third-order valence-corrected chi connectivity index (χ3v) is 6.25. The molecule has 1 amide bonds. The van der Waals surface area contributed by atoms with Gasteiger partial charge in [-0.3, -0.25) is 0 Å². The van der Waals surface area contributed by atoms with E-state index in [-0.39, 0.29) is 17.3 Å². The summed E-state index contributed by atoms with van der Waals surface area (Å²) in [6, 6.07) is 7.74. The van der Waals surface area contributed by atoms with Crippen molar-refractivity contribution in [3.05, 3.63) is 48.1 Å². The fourth-order valence-electron chi connectivity index (χ4n) is 4.23. The molecule has 2 aromatic heterocycles. The maximum Gasteiger partial charge on any atom is 0.407 e. The van der Waals surface area contributed by atoms with Gasteiger partial charge in [0, 0.05) is 17.8 Å². The lowest BCUT2D eigenvalue weighted by Crippen LogP contribution is -2.41. The van der Waals surface area contributed by atoms with Gasteiger partial charge in [-0.1, -0.05) is 23.7 Å². The molecule has 1 aromatic carbocycles. The van der Waals surface area contributed by atoms with E-state index in [4.69, 9.17) is 25.8 Å². The number of hydrogen-bond donors (Lipinski definition) is 1. The number of alkyl carbamates (subject to hydrolysis) is 1. The van der Waals surface area contributed by atoms with Crippen LogP contribution in [0.2, 0.25) is 5.15 Å². The largest absolute Gasteiger partial charge is 0.494 e. The highest BCUT2D eigenvalue weighted by Gasteiger charge is 2.26. The monoisotopic (exact) mass is 513 g/mol. The highest BCUT2D eigenvalue weighted by atomic mass is 35.5. The van der Waals surface area contributed by atoms with Gasteiger partial charge in [-0.25, -0.2) is 19.4 Å². The van der Waals surface area contributed by atoms with E-state index < -0.39 is 5.60 Å². The quantitative estimate of drug-likeness (QED) is 0.419. The second-order valence-corrected chi connectivity index (χ2v) is 10.2. The van der Waals surface area contributed by atoms with Gasteiger partial charge in [-0.05, 0) is 64.5 Å². The first kappa shape index (κ1) is 25.8. The summed E-state index contributed by atoms with van der Waals surface area (Å²) < 4.78 is 18.7. The van der Waals surface area contributed by atoms with Crippen LogP contribution in [0.1, 0.15) is 46.5 Å². The number of nitrogens with zero attached hydrogens (tertiary/aromatic N) is 4. The molecule has 2 heterocycles. The van der Waals surface area contributed by atoms with E-state index in [1.165, 1.54) is 6.33 Å². The molecule has 36 heavy (non-hydrogen) atoms. The highest BCUT2D eigenvalue weighted by molar-refractivity contribution is 6.31. The average molecular weight is 514 g/mol. The van der Waals surface area contributed by atoms with Gasteiger partial charge in [0.15, 0.2) is 10.9 Å². The molecule has 0 saturated heterocycles. The molecule has 192 valence electrons. The first-order chi connectivity index (χ1) is 17.2. The molecule has 4 rings (SSSR count). The fourth-order valence-corrected chi connectivity index (χ4v) is 4.42. The lowest BCUT2D eigenvalue weighted by atomic mass is 9.86. The van der Waals surface area contributed by atoms with Crippen molar-refractivity contribution in [3.63, 3.8) is 0 Å². The Morgan fingerprint density at radius 2 is 1.92 bits per heavy atom. The third-order valence-electron chi connectivity index (χ3n) is 5.98. The summed E-state index contributed by atoms with van der Waals surface area (Å²) >= 11 is 6.42. The van der Waals surface area contributed by atoms with Gasteiger partial charge in [0.05, 0.1) is 19.9 Å². The lowest BCUT2D eigenvalue weighted by Gasteiger charge is -2.30. The minimum atomic E-state index is -0.506. The predicted octanol–water partition coefficient (Wildman–Crippen LogP) is 5.45. The van der Waals surface area contributed by atoms with Crippen LogP contribution in [0.25, 0.3) is 16.9 Å². The number of carbonyl (C=O) groups excluding carboxylic acids is 1. The zero-order chi connectivity index (χ0) is 25.7. The van der Waals surface area contributed by atoms with Crippen molar-refractivity contribution in [2.24, 2.45) is 5.92 Å². The van der Waals surface area contributed by atoms with Crippen LogP contribution in [-0.2, 0) is 4.74 Å². The summed E-state index contributed by atoms with van der Waals surface area (Å²) in [6.45, 7) is 6.06. The molecule has 0 spiro atoms. The highest BCUT2D eigenvalue weighted by Crippen LogP contribution is 2.35. The Kier molecular flexibility index (Phi) is 7.98. The summed E-state index contributed by atoms with van der Waals surface area (Å²) in [5, 5.41) is 7.71. The summed E-state index contributed by atoms with van der Waals surface area (Å²) in [4.78, 5) is 20.6. The normalized spacial score (nSPS) is 17.9. The van der Waals surface area contributed by atoms with E-state index in [2.05, 4.69) is 20.4 Å². The third kappa shape index (κ3) is 6.46. The van der Waals surface area contributed by atoms with Gasteiger partial charge in [-0.2, -0.15) is 5.10 Å². The molecule has 0 bridgehead atoms. The van der Waals surface area contributed by atoms with E-state index in [1.807, 2.05) is 51.2 Å². The molecule has 0 unspecified atom stereocenters. The Bertz CT molecular complexity index is 1190. The number of methoxy groups -OCH3 is 1. The zero-order valence-electron chi connectivity index (χ0n) is 21.0. The maximum absolute atomic E-state index is 12.1. The summed E-state index contributed by atoms with van der Waals surface area (Å²) in [5.74, 6) is 1.48. The second kappa shape index (κ2) is 11.2. The Labute approximate surface area is 216 Å². The van der Waals surface area contributed by atoms with Gasteiger partial charge >= 0.3 is 6.09 Å². The number of aromatic nitrogens is 4. The van der Waals surface area contributed by atoms with Crippen LogP contribution in [0.15, 0.2) is 43.0 Å². The van der Waals surface area contributed by atoms with Crippen molar-refractivity contribution in [2.75, 3.05) is 13.7 Å². The van der Waals surface area contributed by atoms with Gasteiger partial charge in [0.1, 0.15) is 29.1 Å². The van der Waals surface area contributed by atoms with Gasteiger partial charge in [-0.15, -0.1) is 0 Å². The number of amides is 1. The number of carbonyl (C=O) groups is 1. The number of rotatable bonds is 7. The Morgan fingerprint density at radius 3 is 2.64 bits per heavy atom. The van der Waals surface area contributed by atoms with Crippen LogP contribution in [0.3, 0.4) is 0 Å². The van der Waals surface area contributed by atoms with E-state index in [9.17, 15) is 4.79 Å². The Morgan fingerprint density at radius 1 is 1.17 bits per heavy atom. The number of hydrogen-bond acceptors (Lipinski definition) is 7. The molecule has 1 fully saturated rings. The average Bonchev–Trinajstić information content (AvgIpc) is 3.33. The molecule has 1 aliphatic carbocycles. The smallest absolute Gasteiger partial charge is 0.407 e. The van der Waals surface area contributed by atoms with Crippen molar-refractivity contribution in [3.8, 4) is 28.4 Å². The molecule has 0 radical (unpaired) electrons. The van der Waals surface area contributed by atoms with Gasteiger partial charge in [0.2, 0.25) is 0 Å². The van der Waals surface area contributed by atoms with Gasteiger partial charge < -0.3 is 19.5 Å². The number of ether oxygens (including phenoxy) is 3.